The maximum absolute atomic E-state index is 12.8. The average molecular weight is 455 g/mol. The largest absolute Gasteiger partial charge is 0.341 e. The molecule has 1 amide bonds. The van der Waals surface area contributed by atoms with Gasteiger partial charge in [0, 0.05) is 48.4 Å². The van der Waals surface area contributed by atoms with Crippen LogP contribution < -0.4 is 0 Å². The van der Waals surface area contributed by atoms with E-state index >= 15 is 0 Å². The molecule has 1 aromatic heterocycles. The van der Waals surface area contributed by atoms with Crippen LogP contribution in [0.2, 0.25) is 5.02 Å². The highest BCUT2D eigenvalue weighted by Gasteiger charge is 2.38. The predicted octanol–water partition coefficient (Wildman–Crippen LogP) is 2.02. The molecule has 0 radical (unpaired) electrons. The van der Waals surface area contributed by atoms with E-state index in [9.17, 15) is 13.2 Å². The normalized spacial score (nSPS) is 26.6. The molecule has 0 bridgehead atoms. The van der Waals surface area contributed by atoms with Crippen molar-refractivity contribution in [1.29, 1.82) is 0 Å². The van der Waals surface area contributed by atoms with Crippen LogP contribution in [0.3, 0.4) is 0 Å². The standard InChI is InChI=1S/C19H23ClN4O3S2/c1-23(15-6-7-29(26,27)12-15)19(25)10-24-8-16(13-2-4-14(20)5-3-13)17(9-24)18-11-28-22-21-18/h2-5,11,15-17H,6-10,12H2,1H3/t15-,16-,17+/m1/s1. The van der Waals surface area contributed by atoms with Crippen molar-refractivity contribution in [1.82, 2.24) is 19.4 Å². The first-order chi connectivity index (χ1) is 13.8. The van der Waals surface area contributed by atoms with E-state index in [-0.39, 0.29) is 41.8 Å². The molecule has 0 aliphatic carbocycles. The molecule has 2 aliphatic heterocycles. The summed E-state index contributed by atoms with van der Waals surface area (Å²) >= 11 is 7.37. The minimum atomic E-state index is -3.02. The van der Waals surface area contributed by atoms with E-state index in [1.54, 1.807) is 11.9 Å². The number of likely N-dealkylation sites (tertiary alicyclic amines) is 1. The number of benzene rings is 1. The lowest BCUT2D eigenvalue weighted by Crippen LogP contribution is -2.43. The molecular weight excluding hydrogens is 432 g/mol. The molecule has 3 heterocycles. The minimum Gasteiger partial charge on any atom is -0.341 e. The second-order valence-corrected chi connectivity index (χ2v) is 11.1. The zero-order chi connectivity index (χ0) is 20.6. The van der Waals surface area contributed by atoms with Gasteiger partial charge < -0.3 is 4.90 Å². The van der Waals surface area contributed by atoms with Gasteiger partial charge in [0.05, 0.1) is 23.7 Å². The Morgan fingerprint density at radius 2 is 2.00 bits per heavy atom. The molecule has 2 saturated heterocycles. The highest BCUT2D eigenvalue weighted by Crippen LogP contribution is 2.39. The number of hydrogen-bond acceptors (Lipinski definition) is 7. The van der Waals surface area contributed by atoms with Crippen molar-refractivity contribution in [2.45, 2.75) is 24.3 Å². The van der Waals surface area contributed by atoms with Crippen LogP contribution in [0.4, 0.5) is 0 Å². The third-order valence-electron chi connectivity index (χ3n) is 5.96. The summed E-state index contributed by atoms with van der Waals surface area (Å²) in [4.78, 5) is 16.6. The van der Waals surface area contributed by atoms with Gasteiger partial charge in [-0.1, -0.05) is 28.2 Å². The Kier molecular flexibility index (Phi) is 5.92. The molecule has 29 heavy (non-hydrogen) atoms. The van der Waals surface area contributed by atoms with Gasteiger partial charge in [0.1, 0.15) is 0 Å². The van der Waals surface area contributed by atoms with Crippen LogP contribution in [0.5, 0.6) is 0 Å². The molecule has 10 heteroatoms. The van der Waals surface area contributed by atoms with Crippen LogP contribution in [0.25, 0.3) is 0 Å². The van der Waals surface area contributed by atoms with Gasteiger partial charge in [-0.3, -0.25) is 9.69 Å². The fourth-order valence-corrected chi connectivity index (χ4v) is 6.70. The molecule has 3 atom stereocenters. The van der Waals surface area contributed by atoms with E-state index in [2.05, 4.69) is 14.5 Å². The smallest absolute Gasteiger partial charge is 0.236 e. The minimum absolute atomic E-state index is 0.0426. The Bertz CT molecular complexity index is 966. The number of carbonyl (C=O) groups is 1. The molecule has 1 aromatic carbocycles. The van der Waals surface area contributed by atoms with Crippen molar-refractivity contribution in [2.24, 2.45) is 0 Å². The number of aromatic nitrogens is 2. The zero-order valence-corrected chi connectivity index (χ0v) is 18.5. The number of rotatable bonds is 5. The van der Waals surface area contributed by atoms with Crippen molar-refractivity contribution >= 4 is 38.9 Å². The number of halogens is 1. The topological polar surface area (TPSA) is 83.5 Å². The summed E-state index contributed by atoms with van der Waals surface area (Å²) in [6, 6.07) is 7.60. The van der Waals surface area contributed by atoms with Gasteiger partial charge >= 0.3 is 0 Å². The maximum atomic E-state index is 12.8. The number of carbonyl (C=O) groups excluding carboxylic acids is 1. The lowest BCUT2D eigenvalue weighted by molar-refractivity contribution is -0.132. The van der Waals surface area contributed by atoms with Crippen LogP contribution in [-0.4, -0.2) is 77.9 Å². The second-order valence-electron chi connectivity index (χ2n) is 7.85. The van der Waals surface area contributed by atoms with Gasteiger partial charge in [-0.05, 0) is 35.6 Å². The first-order valence-corrected chi connectivity index (χ1v) is 12.6. The third-order valence-corrected chi connectivity index (χ3v) is 8.48. The molecule has 7 nitrogen and oxygen atoms in total. The highest BCUT2D eigenvalue weighted by atomic mass is 35.5. The van der Waals surface area contributed by atoms with E-state index in [0.717, 1.165) is 17.8 Å². The lowest BCUT2D eigenvalue weighted by Gasteiger charge is -2.26. The van der Waals surface area contributed by atoms with E-state index in [4.69, 9.17) is 11.6 Å². The summed E-state index contributed by atoms with van der Waals surface area (Å²) < 4.78 is 27.5. The van der Waals surface area contributed by atoms with Crippen molar-refractivity contribution < 1.29 is 13.2 Å². The SMILES string of the molecule is CN(C(=O)CN1C[C@H](c2ccc(Cl)cc2)[C@@H](c2csnn2)C1)[C@@H]1CCS(=O)(=O)C1. The summed E-state index contributed by atoms with van der Waals surface area (Å²) in [5.74, 6) is 0.534. The van der Waals surface area contributed by atoms with E-state index in [0.29, 0.717) is 18.0 Å². The molecule has 4 rings (SSSR count). The van der Waals surface area contributed by atoms with Gasteiger partial charge in [-0.15, -0.1) is 5.10 Å². The molecule has 2 aromatic rings. The van der Waals surface area contributed by atoms with Crippen molar-refractivity contribution in [3.63, 3.8) is 0 Å². The maximum Gasteiger partial charge on any atom is 0.236 e. The second kappa shape index (κ2) is 8.29. The van der Waals surface area contributed by atoms with Gasteiger partial charge in [-0.2, -0.15) is 0 Å². The quantitative estimate of drug-likeness (QED) is 0.687. The van der Waals surface area contributed by atoms with E-state index < -0.39 is 9.84 Å². The van der Waals surface area contributed by atoms with E-state index in [1.807, 2.05) is 29.6 Å². The van der Waals surface area contributed by atoms with Crippen molar-refractivity contribution in [2.75, 3.05) is 38.2 Å². The first-order valence-electron chi connectivity index (χ1n) is 9.53. The van der Waals surface area contributed by atoms with Crippen LogP contribution in [-0.2, 0) is 14.6 Å². The molecule has 0 N–H and O–H groups in total. The van der Waals surface area contributed by atoms with Gasteiger partial charge in [0.2, 0.25) is 5.91 Å². The summed E-state index contributed by atoms with van der Waals surface area (Å²) in [6.45, 7) is 1.71. The number of amides is 1. The molecule has 2 fully saturated rings. The number of nitrogens with zero attached hydrogens (tertiary/aromatic N) is 4. The molecule has 0 saturated carbocycles. The summed E-state index contributed by atoms with van der Waals surface area (Å²) in [5, 5.41) is 6.93. The van der Waals surface area contributed by atoms with Crippen molar-refractivity contribution in [3.8, 4) is 0 Å². The average Bonchev–Trinajstić information content (AvgIpc) is 3.41. The fraction of sp³-hybridized carbons (Fsp3) is 0.526. The van der Waals surface area contributed by atoms with Gasteiger partial charge in [0.15, 0.2) is 9.84 Å². The van der Waals surface area contributed by atoms with E-state index in [1.165, 1.54) is 11.5 Å². The number of sulfone groups is 1. The molecule has 2 aliphatic rings. The Hall–Kier alpha value is -1.55. The monoisotopic (exact) mass is 454 g/mol. The van der Waals surface area contributed by atoms with Crippen LogP contribution in [0.1, 0.15) is 29.5 Å². The van der Waals surface area contributed by atoms with Crippen LogP contribution in [0.15, 0.2) is 29.6 Å². The predicted molar refractivity (Wildman–Crippen MR) is 113 cm³/mol. The Labute approximate surface area is 179 Å². The van der Waals surface area contributed by atoms with Crippen molar-refractivity contribution in [3.05, 3.63) is 45.9 Å². The molecule has 156 valence electrons. The summed E-state index contributed by atoms with van der Waals surface area (Å²) in [6.07, 6.45) is 0.519. The Morgan fingerprint density at radius 1 is 1.28 bits per heavy atom. The molecular formula is C19H23ClN4O3S2. The van der Waals surface area contributed by atoms with Crippen LogP contribution in [0, 0.1) is 0 Å². The van der Waals surface area contributed by atoms with Gasteiger partial charge in [-0.25, -0.2) is 8.42 Å². The summed E-state index contributed by atoms with van der Waals surface area (Å²) in [7, 11) is -1.31. The number of hydrogen-bond donors (Lipinski definition) is 0. The number of likely N-dealkylation sites (N-methyl/N-ethyl adjacent to an activating group) is 1. The Balaban J connectivity index is 1.47. The van der Waals surface area contributed by atoms with Crippen LogP contribution >= 0.6 is 23.1 Å². The summed E-state index contributed by atoms with van der Waals surface area (Å²) in [5.41, 5.74) is 2.11. The highest BCUT2D eigenvalue weighted by molar-refractivity contribution is 7.91. The van der Waals surface area contributed by atoms with Gasteiger partial charge in [0.25, 0.3) is 0 Å². The Morgan fingerprint density at radius 3 is 2.62 bits per heavy atom. The zero-order valence-electron chi connectivity index (χ0n) is 16.1. The third kappa shape index (κ3) is 4.63. The lowest BCUT2D eigenvalue weighted by atomic mass is 9.87. The molecule has 0 unspecified atom stereocenters. The first kappa shape index (κ1) is 20.7. The fourth-order valence-electron chi connectivity index (χ4n) is 4.28. The molecule has 0 spiro atoms.